The Bertz CT molecular complexity index is 1610. The molecule has 0 fully saturated rings. The van der Waals surface area contributed by atoms with E-state index in [-0.39, 0.29) is 24.7 Å². The molecule has 0 saturated carbocycles. The topological polar surface area (TPSA) is 135 Å². The first kappa shape index (κ1) is 27.7. The fourth-order valence-corrected chi connectivity index (χ4v) is 5.64. The Morgan fingerprint density at radius 1 is 1.10 bits per heavy atom. The number of nitrogens with one attached hydrogen (secondary N) is 2. The van der Waals surface area contributed by atoms with E-state index in [9.17, 15) is 14.4 Å². The van der Waals surface area contributed by atoms with E-state index < -0.39 is 17.2 Å². The number of amides is 3. The van der Waals surface area contributed by atoms with E-state index in [0.29, 0.717) is 29.2 Å². The second-order valence-corrected chi connectivity index (χ2v) is 10.9. The van der Waals surface area contributed by atoms with Crippen molar-refractivity contribution in [3.05, 3.63) is 99.6 Å². The number of hydrogen-bond donors (Lipinski definition) is 3. The van der Waals surface area contributed by atoms with Crippen LogP contribution in [-0.4, -0.2) is 51.0 Å². The van der Waals surface area contributed by atoms with Crippen molar-refractivity contribution in [3.63, 3.8) is 0 Å². The molecule has 41 heavy (non-hydrogen) atoms. The van der Waals surface area contributed by atoms with E-state index in [1.54, 1.807) is 37.0 Å². The van der Waals surface area contributed by atoms with Crippen LogP contribution in [0.1, 0.15) is 61.4 Å². The predicted molar refractivity (Wildman–Crippen MR) is 155 cm³/mol. The molecule has 0 spiro atoms. The SMILES string of the molecule is COc1c(C)cc(NC(=O)c2nn(Cc3ccc(C)cc3)c3c2CN(C(=O)c2ccc[nH]2)C[C@]3(C)C(N)=O)cc1C. The molecule has 10 heteroatoms. The van der Waals surface area contributed by atoms with Gasteiger partial charge in [-0.3, -0.25) is 19.1 Å². The lowest BCUT2D eigenvalue weighted by Crippen LogP contribution is -2.54. The number of aromatic nitrogens is 3. The summed E-state index contributed by atoms with van der Waals surface area (Å²) in [4.78, 5) is 44.8. The van der Waals surface area contributed by atoms with Crippen LogP contribution >= 0.6 is 0 Å². The Kier molecular flexibility index (Phi) is 7.17. The molecular weight excluding hydrogens is 520 g/mol. The summed E-state index contributed by atoms with van der Waals surface area (Å²) in [5, 5.41) is 7.70. The summed E-state index contributed by atoms with van der Waals surface area (Å²) < 4.78 is 7.14. The van der Waals surface area contributed by atoms with Crippen molar-refractivity contribution in [3.8, 4) is 5.75 Å². The molecule has 1 aliphatic rings. The van der Waals surface area contributed by atoms with E-state index in [0.717, 1.165) is 28.0 Å². The maximum absolute atomic E-state index is 13.8. The van der Waals surface area contributed by atoms with Crippen LogP contribution in [0.15, 0.2) is 54.7 Å². The molecule has 4 N–H and O–H groups in total. The summed E-state index contributed by atoms with van der Waals surface area (Å²) in [6.45, 7) is 7.98. The van der Waals surface area contributed by atoms with Gasteiger partial charge in [0.1, 0.15) is 16.9 Å². The number of carbonyl (C=O) groups is 3. The lowest BCUT2D eigenvalue weighted by atomic mass is 9.79. The predicted octanol–water partition coefficient (Wildman–Crippen LogP) is 3.84. The van der Waals surface area contributed by atoms with Gasteiger partial charge in [0.25, 0.3) is 11.8 Å². The number of H-pyrrole nitrogens is 1. The minimum absolute atomic E-state index is 0.0463. The minimum atomic E-state index is -1.29. The third kappa shape index (κ3) is 5.08. The number of primary amides is 1. The third-order valence-electron chi connectivity index (χ3n) is 7.68. The molecule has 0 aliphatic carbocycles. The standard InChI is InChI=1S/C31H34N6O4/c1-18-8-10-21(11-9-18)15-37-27-23(16-36(17-31(27,4)30(32)40)29(39)24-7-6-12-33-24)25(35-37)28(38)34-22-13-19(2)26(41-5)20(3)14-22/h6-14,33H,15-17H2,1-5H3,(H2,32,40)(H,34,38)/t31-/m0/s1. The monoisotopic (exact) mass is 554 g/mol. The van der Waals surface area contributed by atoms with E-state index in [1.807, 2.05) is 57.2 Å². The number of anilines is 1. The first-order valence-electron chi connectivity index (χ1n) is 13.4. The number of rotatable bonds is 7. The van der Waals surface area contributed by atoms with Gasteiger partial charge in [-0.05, 0) is 68.7 Å². The summed E-state index contributed by atoms with van der Waals surface area (Å²) >= 11 is 0. The Morgan fingerprint density at radius 3 is 2.37 bits per heavy atom. The van der Waals surface area contributed by atoms with Crippen LogP contribution in [0.5, 0.6) is 5.75 Å². The quantitative estimate of drug-likeness (QED) is 0.319. The second-order valence-electron chi connectivity index (χ2n) is 10.9. The summed E-state index contributed by atoms with van der Waals surface area (Å²) in [7, 11) is 1.61. The highest BCUT2D eigenvalue weighted by atomic mass is 16.5. The molecule has 4 aromatic rings. The highest BCUT2D eigenvalue weighted by molar-refractivity contribution is 6.05. The Hall–Kier alpha value is -4.86. The van der Waals surface area contributed by atoms with Crippen LogP contribution in [0.3, 0.4) is 0 Å². The van der Waals surface area contributed by atoms with Crippen molar-refractivity contribution in [1.29, 1.82) is 0 Å². The highest BCUT2D eigenvalue weighted by Gasteiger charge is 2.47. The van der Waals surface area contributed by atoms with Crippen molar-refractivity contribution in [1.82, 2.24) is 19.7 Å². The van der Waals surface area contributed by atoms with Crippen molar-refractivity contribution < 1.29 is 19.1 Å². The largest absolute Gasteiger partial charge is 0.496 e. The van der Waals surface area contributed by atoms with Gasteiger partial charge >= 0.3 is 0 Å². The maximum Gasteiger partial charge on any atom is 0.276 e. The molecule has 0 saturated heterocycles. The Balaban J connectivity index is 1.61. The lowest BCUT2D eigenvalue weighted by Gasteiger charge is -2.39. The summed E-state index contributed by atoms with van der Waals surface area (Å²) in [6, 6.07) is 15.0. The Morgan fingerprint density at radius 2 is 1.78 bits per heavy atom. The molecule has 1 aliphatic heterocycles. The molecule has 3 amide bonds. The van der Waals surface area contributed by atoms with E-state index >= 15 is 0 Å². The van der Waals surface area contributed by atoms with Crippen LogP contribution in [0.2, 0.25) is 0 Å². The summed E-state index contributed by atoms with van der Waals surface area (Å²) in [5.41, 5.74) is 10.6. The average Bonchev–Trinajstić information content (AvgIpc) is 3.58. The molecule has 10 nitrogen and oxygen atoms in total. The molecule has 3 heterocycles. The molecule has 1 atom stereocenters. The fraction of sp³-hybridized carbons (Fsp3) is 0.290. The Labute approximate surface area is 238 Å². The fourth-order valence-electron chi connectivity index (χ4n) is 5.64. The molecule has 0 unspecified atom stereocenters. The highest BCUT2D eigenvalue weighted by Crippen LogP contribution is 2.37. The van der Waals surface area contributed by atoms with Crippen molar-refractivity contribution >= 4 is 23.4 Å². The zero-order valence-electron chi connectivity index (χ0n) is 23.9. The van der Waals surface area contributed by atoms with Gasteiger partial charge in [0.15, 0.2) is 5.69 Å². The number of benzene rings is 2. The molecule has 0 radical (unpaired) electrons. The maximum atomic E-state index is 13.8. The first-order chi connectivity index (χ1) is 19.5. The van der Waals surface area contributed by atoms with Gasteiger partial charge in [-0.1, -0.05) is 29.8 Å². The van der Waals surface area contributed by atoms with Gasteiger partial charge in [-0.2, -0.15) is 5.10 Å². The number of hydrogen-bond acceptors (Lipinski definition) is 5. The van der Waals surface area contributed by atoms with Gasteiger partial charge in [0, 0.05) is 24.0 Å². The van der Waals surface area contributed by atoms with Crippen LogP contribution in [0.4, 0.5) is 5.69 Å². The summed E-state index contributed by atoms with van der Waals surface area (Å²) in [6.07, 6.45) is 1.66. The molecule has 0 bridgehead atoms. The van der Waals surface area contributed by atoms with Gasteiger partial charge in [0.2, 0.25) is 5.91 Å². The van der Waals surface area contributed by atoms with Gasteiger partial charge in [-0.25, -0.2) is 0 Å². The molecule has 2 aromatic carbocycles. The number of aryl methyl sites for hydroxylation is 3. The third-order valence-corrected chi connectivity index (χ3v) is 7.68. The first-order valence-corrected chi connectivity index (χ1v) is 13.4. The molecule has 2 aromatic heterocycles. The van der Waals surface area contributed by atoms with Crippen molar-refractivity contribution in [2.75, 3.05) is 19.0 Å². The van der Waals surface area contributed by atoms with Crippen molar-refractivity contribution in [2.45, 2.75) is 46.2 Å². The second kappa shape index (κ2) is 10.6. The van der Waals surface area contributed by atoms with Crippen LogP contribution < -0.4 is 15.8 Å². The number of aromatic amines is 1. The van der Waals surface area contributed by atoms with Gasteiger partial charge in [-0.15, -0.1) is 0 Å². The lowest BCUT2D eigenvalue weighted by molar-refractivity contribution is -0.124. The summed E-state index contributed by atoms with van der Waals surface area (Å²) in [5.74, 6) is -0.611. The molecular formula is C31H34N6O4. The van der Waals surface area contributed by atoms with Crippen LogP contribution in [-0.2, 0) is 23.3 Å². The van der Waals surface area contributed by atoms with E-state index in [2.05, 4.69) is 10.3 Å². The number of carbonyl (C=O) groups excluding carboxylic acids is 3. The number of nitrogens with two attached hydrogens (primary N) is 1. The van der Waals surface area contributed by atoms with E-state index in [1.165, 1.54) is 4.90 Å². The van der Waals surface area contributed by atoms with Crippen LogP contribution in [0.25, 0.3) is 0 Å². The van der Waals surface area contributed by atoms with Gasteiger partial charge < -0.3 is 25.7 Å². The number of fused-ring (bicyclic) bond motifs is 1. The number of ether oxygens (including phenoxy) is 1. The number of nitrogens with zero attached hydrogens (tertiary/aromatic N) is 3. The molecule has 212 valence electrons. The normalized spacial score (nSPS) is 16.3. The van der Waals surface area contributed by atoms with Gasteiger partial charge in [0.05, 0.1) is 25.9 Å². The average molecular weight is 555 g/mol. The smallest absolute Gasteiger partial charge is 0.276 e. The van der Waals surface area contributed by atoms with Crippen molar-refractivity contribution in [2.24, 2.45) is 5.73 Å². The zero-order valence-corrected chi connectivity index (χ0v) is 23.9. The molecule has 5 rings (SSSR count). The number of methoxy groups -OCH3 is 1. The van der Waals surface area contributed by atoms with E-state index in [4.69, 9.17) is 15.6 Å². The zero-order chi connectivity index (χ0) is 29.5. The minimum Gasteiger partial charge on any atom is -0.496 e. The van der Waals surface area contributed by atoms with Crippen LogP contribution in [0, 0.1) is 20.8 Å².